The number of imide groups is 1. The van der Waals surface area contributed by atoms with Crippen LogP contribution in [0.4, 0.5) is 5.69 Å². The second-order valence-corrected chi connectivity index (χ2v) is 7.89. The van der Waals surface area contributed by atoms with Crippen LogP contribution in [-0.2, 0) is 9.59 Å². The molecule has 1 saturated carbocycles. The minimum atomic E-state index is -0.274. The molecule has 2 aliphatic heterocycles. The molecule has 4 rings (SSSR count). The molecule has 1 aromatic rings. The maximum atomic E-state index is 13.0. The van der Waals surface area contributed by atoms with Crippen LogP contribution in [0, 0.1) is 11.8 Å². The summed E-state index contributed by atoms with van der Waals surface area (Å²) < 4.78 is 5.59. The molecular formula is C21H28N2O3. The Kier molecular flexibility index (Phi) is 4.98. The number of likely N-dealkylation sites (tertiary alicyclic amines) is 1. The van der Waals surface area contributed by atoms with Gasteiger partial charge in [-0.2, -0.15) is 0 Å². The van der Waals surface area contributed by atoms with E-state index in [4.69, 9.17) is 4.74 Å². The molecule has 2 amide bonds. The topological polar surface area (TPSA) is 49.9 Å². The summed E-state index contributed by atoms with van der Waals surface area (Å²) in [7, 11) is 0. The van der Waals surface area contributed by atoms with Gasteiger partial charge in [-0.25, -0.2) is 4.90 Å². The van der Waals surface area contributed by atoms with E-state index >= 15 is 0 Å². The minimum Gasteiger partial charge on any atom is -0.494 e. The fraction of sp³-hybridized carbons (Fsp3) is 0.619. The number of hydrogen-bond donors (Lipinski definition) is 0. The Bertz CT molecular complexity index is 658. The highest BCUT2D eigenvalue weighted by molar-refractivity contribution is 6.22. The highest BCUT2D eigenvalue weighted by Gasteiger charge is 2.46. The molecule has 0 spiro atoms. The number of anilines is 1. The van der Waals surface area contributed by atoms with E-state index in [1.54, 1.807) is 0 Å². The molecule has 3 fully saturated rings. The minimum absolute atomic E-state index is 0.0594. The Labute approximate surface area is 155 Å². The van der Waals surface area contributed by atoms with Crippen LogP contribution in [0.5, 0.6) is 5.75 Å². The van der Waals surface area contributed by atoms with E-state index in [-0.39, 0.29) is 17.9 Å². The predicted octanol–water partition coefficient (Wildman–Crippen LogP) is 3.23. The maximum Gasteiger partial charge on any atom is 0.251 e. The molecular weight excluding hydrogens is 328 g/mol. The molecule has 0 radical (unpaired) electrons. The summed E-state index contributed by atoms with van der Waals surface area (Å²) in [6.07, 6.45) is 6.44. The third-order valence-electron chi connectivity index (χ3n) is 6.14. The molecule has 5 nitrogen and oxygen atoms in total. The summed E-state index contributed by atoms with van der Waals surface area (Å²) >= 11 is 0. The van der Waals surface area contributed by atoms with Gasteiger partial charge in [-0.1, -0.05) is 19.8 Å². The summed E-state index contributed by atoms with van der Waals surface area (Å²) in [4.78, 5) is 29.2. The van der Waals surface area contributed by atoms with Crippen LogP contribution >= 0.6 is 0 Å². The number of fused-ring (bicyclic) bond motifs is 1. The fourth-order valence-corrected chi connectivity index (χ4v) is 4.78. The van der Waals surface area contributed by atoms with E-state index in [1.807, 2.05) is 24.3 Å². The molecule has 1 aromatic carbocycles. The van der Waals surface area contributed by atoms with Gasteiger partial charge in [-0.3, -0.25) is 14.5 Å². The molecule has 3 unspecified atom stereocenters. The molecule has 140 valence electrons. The van der Waals surface area contributed by atoms with Gasteiger partial charge >= 0.3 is 0 Å². The van der Waals surface area contributed by atoms with Gasteiger partial charge in [0.2, 0.25) is 5.91 Å². The number of amides is 2. The molecule has 2 saturated heterocycles. The molecule has 1 aliphatic carbocycles. The largest absolute Gasteiger partial charge is 0.494 e. The molecule has 0 bridgehead atoms. The number of carbonyl (C=O) groups is 2. The van der Waals surface area contributed by atoms with Crippen LogP contribution in [-0.4, -0.2) is 42.5 Å². The smallest absolute Gasteiger partial charge is 0.251 e. The summed E-state index contributed by atoms with van der Waals surface area (Å²) in [5.41, 5.74) is 0.656. The van der Waals surface area contributed by atoms with Crippen LogP contribution in [0.1, 0.15) is 45.4 Å². The average molecular weight is 356 g/mol. The molecule has 0 aromatic heterocycles. The van der Waals surface area contributed by atoms with Crippen molar-refractivity contribution in [2.45, 2.75) is 51.5 Å². The molecule has 0 N–H and O–H groups in total. The van der Waals surface area contributed by atoms with Crippen molar-refractivity contribution in [2.75, 3.05) is 24.6 Å². The number of hydrogen-bond acceptors (Lipinski definition) is 4. The van der Waals surface area contributed by atoms with Gasteiger partial charge in [0.1, 0.15) is 5.75 Å². The maximum absolute atomic E-state index is 13.0. The molecule has 26 heavy (non-hydrogen) atoms. The van der Waals surface area contributed by atoms with Crippen molar-refractivity contribution >= 4 is 17.5 Å². The predicted molar refractivity (Wildman–Crippen MR) is 100 cm³/mol. The summed E-state index contributed by atoms with van der Waals surface area (Å²) in [6, 6.07) is 7.02. The first-order chi connectivity index (χ1) is 12.7. The zero-order valence-corrected chi connectivity index (χ0v) is 15.5. The summed E-state index contributed by atoms with van der Waals surface area (Å²) in [6.45, 7) is 4.68. The third kappa shape index (κ3) is 3.25. The van der Waals surface area contributed by atoms with Crippen molar-refractivity contribution in [2.24, 2.45) is 11.8 Å². The summed E-state index contributed by atoms with van der Waals surface area (Å²) in [5, 5.41) is 0. The molecule has 2 heterocycles. The van der Waals surface area contributed by atoms with Crippen LogP contribution < -0.4 is 9.64 Å². The van der Waals surface area contributed by atoms with Gasteiger partial charge in [-0.05, 0) is 55.4 Å². The van der Waals surface area contributed by atoms with E-state index < -0.39 is 0 Å². The van der Waals surface area contributed by atoms with Crippen LogP contribution in [0.25, 0.3) is 0 Å². The molecule has 3 aliphatic rings. The second kappa shape index (κ2) is 7.39. The SMILES string of the molecule is CCCOc1ccc(N2C(=O)CC(N3CC4CCCCC4C3)C2=O)cc1. The Morgan fingerprint density at radius 2 is 1.69 bits per heavy atom. The van der Waals surface area contributed by atoms with Crippen molar-refractivity contribution in [3.8, 4) is 5.75 Å². The quantitative estimate of drug-likeness (QED) is 0.760. The number of benzene rings is 1. The monoisotopic (exact) mass is 356 g/mol. The van der Waals surface area contributed by atoms with E-state index in [9.17, 15) is 9.59 Å². The second-order valence-electron chi connectivity index (χ2n) is 7.89. The normalized spacial score (nSPS) is 29.3. The van der Waals surface area contributed by atoms with E-state index in [0.717, 1.165) is 37.1 Å². The first-order valence-corrected chi connectivity index (χ1v) is 10.0. The highest BCUT2D eigenvalue weighted by atomic mass is 16.5. The van der Waals surface area contributed by atoms with Gasteiger partial charge in [0, 0.05) is 13.1 Å². The van der Waals surface area contributed by atoms with Gasteiger partial charge in [0.25, 0.3) is 5.91 Å². The van der Waals surface area contributed by atoms with Gasteiger partial charge in [-0.15, -0.1) is 0 Å². The Morgan fingerprint density at radius 3 is 2.31 bits per heavy atom. The highest BCUT2D eigenvalue weighted by Crippen LogP contribution is 2.38. The lowest BCUT2D eigenvalue weighted by Gasteiger charge is -2.23. The first-order valence-electron chi connectivity index (χ1n) is 10.0. The Hall–Kier alpha value is -1.88. The van der Waals surface area contributed by atoms with Crippen LogP contribution in [0.15, 0.2) is 24.3 Å². The van der Waals surface area contributed by atoms with E-state index in [0.29, 0.717) is 18.7 Å². The van der Waals surface area contributed by atoms with Gasteiger partial charge in [0.15, 0.2) is 0 Å². The number of ether oxygens (including phenoxy) is 1. The number of rotatable bonds is 5. The van der Waals surface area contributed by atoms with Crippen molar-refractivity contribution in [3.05, 3.63) is 24.3 Å². The fourth-order valence-electron chi connectivity index (χ4n) is 4.78. The Balaban J connectivity index is 1.45. The van der Waals surface area contributed by atoms with Crippen molar-refractivity contribution in [1.29, 1.82) is 0 Å². The number of nitrogens with zero attached hydrogens (tertiary/aromatic N) is 2. The third-order valence-corrected chi connectivity index (χ3v) is 6.14. The van der Waals surface area contributed by atoms with Crippen LogP contribution in [0.3, 0.4) is 0 Å². The standard InChI is InChI=1S/C21H28N2O3/c1-2-11-26-18-9-7-17(8-10-18)23-20(24)12-19(21(23)25)22-13-15-5-3-4-6-16(15)14-22/h7-10,15-16,19H,2-6,11-14H2,1H3. The van der Waals surface area contributed by atoms with Crippen molar-refractivity contribution < 1.29 is 14.3 Å². The number of carbonyl (C=O) groups excluding carboxylic acids is 2. The van der Waals surface area contributed by atoms with Crippen molar-refractivity contribution in [1.82, 2.24) is 4.90 Å². The zero-order chi connectivity index (χ0) is 18.1. The molecule has 5 heteroatoms. The lowest BCUT2D eigenvalue weighted by molar-refractivity contribution is -0.122. The Morgan fingerprint density at radius 1 is 1.04 bits per heavy atom. The van der Waals surface area contributed by atoms with Crippen molar-refractivity contribution in [3.63, 3.8) is 0 Å². The van der Waals surface area contributed by atoms with E-state index in [2.05, 4.69) is 11.8 Å². The summed E-state index contributed by atoms with van der Waals surface area (Å²) in [5.74, 6) is 2.06. The lowest BCUT2D eigenvalue weighted by Crippen LogP contribution is -2.41. The lowest BCUT2D eigenvalue weighted by atomic mass is 9.82. The van der Waals surface area contributed by atoms with Gasteiger partial charge in [0.05, 0.1) is 24.8 Å². The first kappa shape index (κ1) is 17.5. The van der Waals surface area contributed by atoms with Crippen LogP contribution in [0.2, 0.25) is 0 Å². The van der Waals surface area contributed by atoms with E-state index in [1.165, 1.54) is 30.6 Å². The molecule has 3 atom stereocenters. The van der Waals surface area contributed by atoms with Gasteiger partial charge < -0.3 is 4.74 Å². The zero-order valence-electron chi connectivity index (χ0n) is 15.5. The average Bonchev–Trinajstić information content (AvgIpc) is 3.21.